The van der Waals surface area contributed by atoms with E-state index in [1.165, 1.54) is 11.8 Å². The van der Waals surface area contributed by atoms with Crippen molar-refractivity contribution in [1.29, 1.82) is 0 Å². The summed E-state index contributed by atoms with van der Waals surface area (Å²) in [6.07, 6.45) is 2.11. The molecule has 0 aliphatic heterocycles. The molecule has 0 radical (unpaired) electrons. The zero-order valence-corrected chi connectivity index (χ0v) is 10.4. The van der Waals surface area contributed by atoms with Gasteiger partial charge in [0.2, 0.25) is 0 Å². The molecule has 2 N–H and O–H groups in total. The molecule has 0 amide bonds. The van der Waals surface area contributed by atoms with Crippen LogP contribution in [0.25, 0.3) is 0 Å². The third-order valence-corrected chi connectivity index (χ3v) is 4.36. The molecule has 94 valence electrons. The van der Waals surface area contributed by atoms with E-state index < -0.39 is 5.97 Å². The van der Waals surface area contributed by atoms with Crippen LogP contribution in [0.1, 0.15) is 26.2 Å². The normalized spacial score (nSPS) is 17.0. The van der Waals surface area contributed by atoms with Crippen molar-refractivity contribution in [2.45, 2.75) is 37.9 Å². The highest BCUT2D eigenvalue weighted by molar-refractivity contribution is 7.99. The van der Waals surface area contributed by atoms with Gasteiger partial charge in [-0.15, -0.1) is 5.10 Å². The minimum absolute atomic E-state index is 0.0793. The molecule has 0 unspecified atom stereocenters. The molecule has 1 saturated carbocycles. The molecule has 0 saturated heterocycles. The summed E-state index contributed by atoms with van der Waals surface area (Å²) >= 11 is 1.46. The van der Waals surface area contributed by atoms with E-state index in [1.54, 1.807) is 4.57 Å². The summed E-state index contributed by atoms with van der Waals surface area (Å²) in [6, 6.07) is 0. The molecule has 6 nitrogen and oxygen atoms in total. The number of nitrogens with zero attached hydrogens (tertiary/aromatic N) is 2. The lowest BCUT2D eigenvalue weighted by Gasteiger charge is -2.11. The molecule has 7 heteroatoms. The Morgan fingerprint density at radius 2 is 2.35 bits per heavy atom. The molecular formula is C10H15N3O3S. The van der Waals surface area contributed by atoms with Gasteiger partial charge < -0.3 is 5.11 Å². The molecule has 2 rings (SSSR count). The number of carboxylic acid groups (broad SMARTS) is 1. The predicted molar refractivity (Wildman–Crippen MR) is 63.2 cm³/mol. The first kappa shape index (κ1) is 12.2. The highest BCUT2D eigenvalue weighted by Gasteiger charge is 2.44. The highest BCUT2D eigenvalue weighted by atomic mass is 32.2. The molecular weight excluding hydrogens is 242 g/mol. The Labute approximate surface area is 102 Å². The summed E-state index contributed by atoms with van der Waals surface area (Å²) in [5, 5.41) is 15.8. The number of H-pyrrole nitrogens is 1. The molecule has 1 aromatic heterocycles. The maximum absolute atomic E-state index is 11.3. The van der Waals surface area contributed by atoms with Crippen molar-refractivity contribution in [3.63, 3.8) is 0 Å². The summed E-state index contributed by atoms with van der Waals surface area (Å²) in [4.78, 5) is 22.0. The summed E-state index contributed by atoms with van der Waals surface area (Å²) in [5.41, 5.74) is -0.289. The van der Waals surface area contributed by atoms with Gasteiger partial charge in [-0.2, -0.15) is 0 Å². The number of aromatic nitrogens is 3. The van der Waals surface area contributed by atoms with Crippen LogP contribution in [0.2, 0.25) is 0 Å². The summed E-state index contributed by atoms with van der Waals surface area (Å²) < 4.78 is 1.56. The molecule has 0 spiro atoms. The zero-order chi connectivity index (χ0) is 12.5. The monoisotopic (exact) mass is 257 g/mol. The van der Waals surface area contributed by atoms with Gasteiger partial charge in [-0.05, 0) is 25.2 Å². The summed E-state index contributed by atoms with van der Waals surface area (Å²) in [5.74, 6) is -0.0399. The van der Waals surface area contributed by atoms with E-state index in [-0.39, 0.29) is 17.5 Å². The van der Waals surface area contributed by atoms with Crippen LogP contribution in [-0.4, -0.2) is 31.6 Å². The number of hydrogen-bond donors (Lipinski definition) is 2. The van der Waals surface area contributed by atoms with Crippen LogP contribution in [0.3, 0.4) is 0 Å². The Hall–Kier alpha value is -1.24. The first-order valence-electron chi connectivity index (χ1n) is 5.56. The number of carbonyl (C=O) groups is 1. The van der Waals surface area contributed by atoms with E-state index in [0.717, 1.165) is 12.8 Å². The van der Waals surface area contributed by atoms with E-state index in [4.69, 9.17) is 5.11 Å². The number of thioether (sulfide) groups is 1. The average molecular weight is 257 g/mol. The van der Waals surface area contributed by atoms with Gasteiger partial charge in [0.15, 0.2) is 5.16 Å². The maximum Gasteiger partial charge on any atom is 0.343 e. The molecule has 0 aromatic carbocycles. The Morgan fingerprint density at radius 3 is 2.88 bits per heavy atom. The Kier molecular flexibility index (Phi) is 3.28. The third kappa shape index (κ3) is 2.71. The molecule has 0 atom stereocenters. The van der Waals surface area contributed by atoms with Gasteiger partial charge in [-0.3, -0.25) is 9.36 Å². The van der Waals surface area contributed by atoms with Gasteiger partial charge in [-0.25, -0.2) is 9.89 Å². The molecule has 0 bridgehead atoms. The lowest BCUT2D eigenvalue weighted by molar-refractivity contribution is -0.138. The average Bonchev–Trinajstić information content (AvgIpc) is 2.91. The minimum atomic E-state index is -0.752. The van der Waals surface area contributed by atoms with E-state index in [1.807, 2.05) is 6.92 Å². The summed E-state index contributed by atoms with van der Waals surface area (Å²) in [7, 11) is 0. The molecule has 17 heavy (non-hydrogen) atoms. The van der Waals surface area contributed by atoms with Crippen LogP contribution in [-0.2, 0) is 11.3 Å². The Morgan fingerprint density at radius 1 is 1.65 bits per heavy atom. The highest BCUT2D eigenvalue weighted by Crippen LogP contribution is 2.51. The molecule has 1 aromatic rings. The van der Waals surface area contributed by atoms with Gasteiger partial charge in [0.05, 0.1) is 6.42 Å². The van der Waals surface area contributed by atoms with Gasteiger partial charge in [0.1, 0.15) is 0 Å². The molecule has 1 fully saturated rings. The number of carboxylic acids is 1. The Balaban J connectivity index is 1.98. The number of aromatic amines is 1. The van der Waals surface area contributed by atoms with Crippen LogP contribution >= 0.6 is 11.8 Å². The number of aliphatic carboxylic acids is 1. The standard InChI is InChI=1S/C10H15N3O3S/c1-2-13-8(16)11-12-9(13)17-6-10(3-4-10)5-7(14)15/h2-6H2,1H3,(H,11,16)(H,14,15). The topological polar surface area (TPSA) is 88.0 Å². The van der Waals surface area contributed by atoms with Crippen LogP contribution < -0.4 is 5.69 Å². The fourth-order valence-corrected chi connectivity index (χ4v) is 3.08. The smallest absolute Gasteiger partial charge is 0.343 e. The molecule has 1 heterocycles. The van der Waals surface area contributed by atoms with E-state index in [2.05, 4.69) is 10.2 Å². The van der Waals surface area contributed by atoms with Crippen molar-refractivity contribution in [3.05, 3.63) is 10.5 Å². The van der Waals surface area contributed by atoms with Gasteiger partial charge in [0, 0.05) is 12.3 Å². The van der Waals surface area contributed by atoms with Crippen LogP contribution in [0.15, 0.2) is 9.95 Å². The Bertz CT molecular complexity index is 475. The van der Waals surface area contributed by atoms with Crippen molar-refractivity contribution in [2.24, 2.45) is 5.41 Å². The number of nitrogens with one attached hydrogen (secondary N) is 1. The lowest BCUT2D eigenvalue weighted by atomic mass is 10.1. The lowest BCUT2D eigenvalue weighted by Crippen LogP contribution is -2.17. The second-order valence-corrected chi connectivity index (χ2v) is 5.36. The molecule has 1 aliphatic carbocycles. The third-order valence-electron chi connectivity index (χ3n) is 3.03. The van der Waals surface area contributed by atoms with E-state index in [9.17, 15) is 9.59 Å². The maximum atomic E-state index is 11.3. The van der Waals surface area contributed by atoms with Crippen molar-refractivity contribution in [2.75, 3.05) is 5.75 Å². The van der Waals surface area contributed by atoms with Crippen molar-refractivity contribution < 1.29 is 9.90 Å². The van der Waals surface area contributed by atoms with E-state index in [0.29, 0.717) is 17.5 Å². The van der Waals surface area contributed by atoms with Gasteiger partial charge >= 0.3 is 11.7 Å². The quantitative estimate of drug-likeness (QED) is 0.740. The first-order valence-corrected chi connectivity index (χ1v) is 6.55. The first-order chi connectivity index (χ1) is 8.06. The van der Waals surface area contributed by atoms with Crippen molar-refractivity contribution in [1.82, 2.24) is 14.8 Å². The SMILES string of the molecule is CCn1c(SCC2(CC(=O)O)CC2)n[nH]c1=O. The van der Waals surface area contributed by atoms with Crippen LogP contribution in [0.4, 0.5) is 0 Å². The predicted octanol–water partition coefficient (Wildman–Crippen LogP) is 0.938. The largest absolute Gasteiger partial charge is 0.481 e. The number of rotatable bonds is 6. The fourth-order valence-electron chi connectivity index (χ4n) is 1.78. The van der Waals surface area contributed by atoms with E-state index >= 15 is 0 Å². The molecule has 1 aliphatic rings. The van der Waals surface area contributed by atoms with Crippen molar-refractivity contribution >= 4 is 17.7 Å². The number of hydrogen-bond acceptors (Lipinski definition) is 4. The minimum Gasteiger partial charge on any atom is -0.481 e. The van der Waals surface area contributed by atoms with Gasteiger partial charge in [-0.1, -0.05) is 11.8 Å². The van der Waals surface area contributed by atoms with Crippen molar-refractivity contribution in [3.8, 4) is 0 Å². The van der Waals surface area contributed by atoms with Crippen LogP contribution in [0, 0.1) is 5.41 Å². The van der Waals surface area contributed by atoms with Crippen LogP contribution in [0.5, 0.6) is 0 Å². The second-order valence-electron chi connectivity index (χ2n) is 4.41. The fraction of sp³-hybridized carbons (Fsp3) is 0.700. The summed E-state index contributed by atoms with van der Waals surface area (Å²) in [6.45, 7) is 2.45. The zero-order valence-electron chi connectivity index (χ0n) is 9.60. The van der Waals surface area contributed by atoms with Gasteiger partial charge in [0.25, 0.3) is 0 Å². The second kappa shape index (κ2) is 4.56.